The van der Waals surface area contributed by atoms with Crippen molar-refractivity contribution in [2.75, 3.05) is 0 Å². The molecule has 0 saturated heterocycles. The van der Waals surface area contributed by atoms with Gasteiger partial charge in [-0.25, -0.2) is 8.78 Å². The highest BCUT2D eigenvalue weighted by atomic mass is 32.1. The number of nitrogens with two attached hydrogens (primary N) is 1. The lowest BCUT2D eigenvalue weighted by molar-refractivity contribution is 0.576. The van der Waals surface area contributed by atoms with Crippen LogP contribution >= 0.6 is 11.3 Å². The number of aryl methyl sites for hydroxylation is 1. The monoisotopic (exact) mass is 253 g/mol. The number of benzene rings is 1. The molecule has 0 radical (unpaired) electrons. The molecule has 0 bridgehead atoms. The van der Waals surface area contributed by atoms with Gasteiger partial charge in [-0.1, -0.05) is 0 Å². The molecule has 17 heavy (non-hydrogen) atoms. The minimum Gasteiger partial charge on any atom is -0.324 e. The van der Waals surface area contributed by atoms with Crippen LogP contribution in [-0.2, 0) is 6.42 Å². The molecule has 1 aromatic carbocycles. The van der Waals surface area contributed by atoms with Gasteiger partial charge in [0.2, 0.25) is 0 Å². The molecule has 0 saturated carbocycles. The van der Waals surface area contributed by atoms with E-state index in [2.05, 4.69) is 0 Å². The van der Waals surface area contributed by atoms with Crippen LogP contribution in [0.3, 0.4) is 0 Å². The maximum Gasteiger partial charge on any atom is 0.126 e. The first kappa shape index (κ1) is 12.2. The molecule has 0 aliphatic heterocycles. The Bertz CT molecular complexity index is 502. The Kier molecular flexibility index (Phi) is 3.54. The van der Waals surface area contributed by atoms with Gasteiger partial charge in [0.1, 0.15) is 11.6 Å². The maximum atomic E-state index is 13.0. The zero-order valence-corrected chi connectivity index (χ0v) is 10.2. The molecule has 0 aliphatic rings. The summed E-state index contributed by atoms with van der Waals surface area (Å²) in [5, 5.41) is 1.97. The molecular weight excluding hydrogens is 240 g/mol. The zero-order chi connectivity index (χ0) is 12.4. The number of rotatable bonds is 3. The van der Waals surface area contributed by atoms with Crippen molar-refractivity contribution < 1.29 is 8.78 Å². The minimum absolute atomic E-state index is 0.220. The highest BCUT2D eigenvalue weighted by Crippen LogP contribution is 2.24. The molecule has 2 aromatic rings. The summed E-state index contributed by atoms with van der Waals surface area (Å²) < 4.78 is 26.0. The van der Waals surface area contributed by atoms with Gasteiger partial charge in [-0.2, -0.15) is 0 Å². The van der Waals surface area contributed by atoms with Gasteiger partial charge in [-0.3, -0.25) is 0 Å². The molecule has 2 rings (SSSR count). The van der Waals surface area contributed by atoms with E-state index in [9.17, 15) is 8.78 Å². The molecule has 1 heterocycles. The number of thiophene rings is 1. The molecule has 90 valence electrons. The summed E-state index contributed by atoms with van der Waals surface area (Å²) in [5.74, 6) is -1.12. The second-order valence-corrected chi connectivity index (χ2v) is 5.14. The van der Waals surface area contributed by atoms with E-state index >= 15 is 0 Å². The van der Waals surface area contributed by atoms with Crippen LogP contribution in [0, 0.1) is 18.6 Å². The first-order valence-corrected chi connectivity index (χ1v) is 6.19. The SMILES string of the molecule is Cc1sccc1C(N)Cc1cc(F)cc(F)c1. The standard InChI is InChI=1S/C13H13F2NS/c1-8-12(2-3-17-8)13(16)6-9-4-10(14)7-11(15)5-9/h2-5,7,13H,6,16H2,1H3. The van der Waals surface area contributed by atoms with E-state index in [0.29, 0.717) is 12.0 Å². The van der Waals surface area contributed by atoms with E-state index in [1.807, 2.05) is 18.4 Å². The minimum atomic E-state index is -0.561. The second kappa shape index (κ2) is 4.94. The van der Waals surface area contributed by atoms with E-state index in [1.165, 1.54) is 12.1 Å². The lowest BCUT2D eigenvalue weighted by atomic mass is 10.0. The summed E-state index contributed by atoms with van der Waals surface area (Å²) in [6, 6.07) is 5.25. The normalized spacial score (nSPS) is 12.7. The highest BCUT2D eigenvalue weighted by molar-refractivity contribution is 7.10. The Morgan fingerprint density at radius 3 is 2.41 bits per heavy atom. The van der Waals surface area contributed by atoms with Crippen LogP contribution in [0.25, 0.3) is 0 Å². The van der Waals surface area contributed by atoms with Crippen molar-refractivity contribution >= 4 is 11.3 Å². The van der Waals surface area contributed by atoms with Gasteiger partial charge >= 0.3 is 0 Å². The predicted molar refractivity (Wildman–Crippen MR) is 66.0 cm³/mol. The molecular formula is C13H13F2NS. The van der Waals surface area contributed by atoms with Crippen LogP contribution in [0.1, 0.15) is 22.0 Å². The third kappa shape index (κ3) is 2.90. The Hall–Kier alpha value is -1.26. The van der Waals surface area contributed by atoms with Gasteiger partial charge < -0.3 is 5.73 Å². The Morgan fingerprint density at radius 2 is 1.88 bits per heavy atom. The smallest absolute Gasteiger partial charge is 0.126 e. The van der Waals surface area contributed by atoms with Crippen LogP contribution in [0.5, 0.6) is 0 Å². The molecule has 0 spiro atoms. The van der Waals surface area contributed by atoms with Crippen molar-refractivity contribution in [1.82, 2.24) is 0 Å². The summed E-state index contributed by atoms with van der Waals surface area (Å²) in [7, 11) is 0. The van der Waals surface area contributed by atoms with Gasteiger partial charge in [0, 0.05) is 17.0 Å². The van der Waals surface area contributed by atoms with Crippen LogP contribution in [0.15, 0.2) is 29.6 Å². The van der Waals surface area contributed by atoms with Gasteiger partial charge in [0.15, 0.2) is 0 Å². The number of hydrogen-bond donors (Lipinski definition) is 1. The fourth-order valence-electron chi connectivity index (χ4n) is 1.87. The van der Waals surface area contributed by atoms with Gasteiger partial charge in [0.25, 0.3) is 0 Å². The van der Waals surface area contributed by atoms with E-state index in [1.54, 1.807) is 11.3 Å². The molecule has 1 atom stereocenters. The van der Waals surface area contributed by atoms with Crippen LogP contribution < -0.4 is 5.73 Å². The van der Waals surface area contributed by atoms with Crippen molar-refractivity contribution in [3.8, 4) is 0 Å². The molecule has 0 fully saturated rings. The lowest BCUT2D eigenvalue weighted by Crippen LogP contribution is -2.13. The highest BCUT2D eigenvalue weighted by Gasteiger charge is 2.12. The fourth-order valence-corrected chi connectivity index (χ4v) is 2.65. The van der Waals surface area contributed by atoms with E-state index in [4.69, 9.17) is 5.73 Å². The van der Waals surface area contributed by atoms with Crippen molar-refractivity contribution in [2.45, 2.75) is 19.4 Å². The van der Waals surface area contributed by atoms with Gasteiger partial charge in [0.05, 0.1) is 0 Å². The van der Waals surface area contributed by atoms with Crippen LogP contribution in [-0.4, -0.2) is 0 Å². The molecule has 1 nitrogen and oxygen atoms in total. The van der Waals surface area contributed by atoms with E-state index in [-0.39, 0.29) is 6.04 Å². The second-order valence-electron chi connectivity index (χ2n) is 4.02. The van der Waals surface area contributed by atoms with E-state index in [0.717, 1.165) is 16.5 Å². The Labute approximate surface area is 103 Å². The van der Waals surface area contributed by atoms with Crippen LogP contribution in [0.4, 0.5) is 8.78 Å². The van der Waals surface area contributed by atoms with Crippen molar-refractivity contribution in [1.29, 1.82) is 0 Å². The average Bonchev–Trinajstić information content (AvgIpc) is 2.62. The molecule has 1 aromatic heterocycles. The summed E-state index contributed by atoms with van der Waals surface area (Å²) in [6.45, 7) is 1.99. The third-order valence-electron chi connectivity index (χ3n) is 2.68. The maximum absolute atomic E-state index is 13.0. The van der Waals surface area contributed by atoms with Crippen molar-refractivity contribution in [3.63, 3.8) is 0 Å². The first-order valence-electron chi connectivity index (χ1n) is 5.31. The van der Waals surface area contributed by atoms with Gasteiger partial charge in [-0.15, -0.1) is 11.3 Å². The molecule has 1 unspecified atom stereocenters. The topological polar surface area (TPSA) is 26.0 Å². The molecule has 4 heteroatoms. The summed E-state index contributed by atoms with van der Waals surface area (Å²) >= 11 is 1.62. The summed E-state index contributed by atoms with van der Waals surface area (Å²) in [5.41, 5.74) is 7.66. The molecule has 0 aliphatic carbocycles. The zero-order valence-electron chi connectivity index (χ0n) is 9.41. The average molecular weight is 253 g/mol. The quantitative estimate of drug-likeness (QED) is 0.889. The first-order chi connectivity index (χ1) is 8.06. The fraction of sp³-hybridized carbons (Fsp3) is 0.231. The van der Waals surface area contributed by atoms with Crippen molar-refractivity contribution in [2.24, 2.45) is 5.73 Å². The third-order valence-corrected chi connectivity index (χ3v) is 3.54. The largest absolute Gasteiger partial charge is 0.324 e. The number of halogens is 2. The van der Waals surface area contributed by atoms with Gasteiger partial charge in [-0.05, 0) is 48.1 Å². The predicted octanol–water partition coefficient (Wildman–Crippen LogP) is 3.58. The molecule has 0 amide bonds. The Morgan fingerprint density at radius 1 is 1.24 bits per heavy atom. The summed E-state index contributed by atoms with van der Waals surface area (Å²) in [4.78, 5) is 1.15. The van der Waals surface area contributed by atoms with E-state index < -0.39 is 11.6 Å². The number of hydrogen-bond acceptors (Lipinski definition) is 2. The summed E-state index contributed by atoms with van der Waals surface area (Å²) in [6.07, 6.45) is 0.437. The van der Waals surface area contributed by atoms with Crippen molar-refractivity contribution in [3.05, 3.63) is 57.3 Å². The lowest BCUT2D eigenvalue weighted by Gasteiger charge is -2.11. The van der Waals surface area contributed by atoms with Crippen LogP contribution in [0.2, 0.25) is 0 Å². The Balaban J connectivity index is 2.18. The molecule has 2 N–H and O–H groups in total.